The number of methoxy groups -OCH3 is 1. The third kappa shape index (κ3) is 5.66. The van der Waals surface area contributed by atoms with Gasteiger partial charge in [-0.05, 0) is 55.3 Å². The zero-order chi connectivity index (χ0) is 23.1. The van der Waals surface area contributed by atoms with E-state index < -0.39 is 10.0 Å². The van der Waals surface area contributed by atoms with Crippen LogP contribution in [0.2, 0.25) is 0 Å². The predicted molar refractivity (Wildman–Crippen MR) is 128 cm³/mol. The third-order valence-corrected chi connectivity index (χ3v) is 7.52. The van der Waals surface area contributed by atoms with Crippen LogP contribution in [0.4, 0.5) is 5.69 Å². The van der Waals surface area contributed by atoms with E-state index in [1.165, 1.54) is 18.4 Å². The molecule has 0 bridgehead atoms. The van der Waals surface area contributed by atoms with Crippen molar-refractivity contribution >= 4 is 27.0 Å². The van der Waals surface area contributed by atoms with E-state index in [0.29, 0.717) is 13.2 Å². The Morgan fingerprint density at radius 3 is 2.34 bits per heavy atom. The fraction of sp³-hybridized carbons (Fsp3) is 0.348. The van der Waals surface area contributed by atoms with Gasteiger partial charge in [-0.1, -0.05) is 12.1 Å². The molecule has 1 heterocycles. The topological polar surface area (TPSA) is 73.1 Å². The molecule has 32 heavy (non-hydrogen) atoms. The number of rotatable bonds is 10. The van der Waals surface area contributed by atoms with Crippen LogP contribution in [0, 0.1) is 0 Å². The van der Waals surface area contributed by atoms with Gasteiger partial charge in [-0.3, -0.25) is 0 Å². The molecule has 0 spiro atoms. The third-order valence-electron chi connectivity index (χ3n) is 4.83. The molecule has 9 heteroatoms. The summed E-state index contributed by atoms with van der Waals surface area (Å²) in [4.78, 5) is 5.97. The Morgan fingerprint density at radius 2 is 1.75 bits per heavy atom. The number of ether oxygens (including phenoxy) is 2. The lowest BCUT2D eigenvalue weighted by atomic mass is 10.2. The lowest BCUT2D eigenvalue weighted by Gasteiger charge is -2.12. The summed E-state index contributed by atoms with van der Waals surface area (Å²) < 4.78 is 38.9. The van der Waals surface area contributed by atoms with Gasteiger partial charge in [0.1, 0.15) is 5.75 Å². The highest BCUT2D eigenvalue weighted by molar-refractivity contribution is 7.89. The van der Waals surface area contributed by atoms with Gasteiger partial charge in [0.25, 0.3) is 0 Å². The zero-order valence-corrected chi connectivity index (χ0v) is 20.4. The molecule has 0 saturated carbocycles. The van der Waals surface area contributed by atoms with Gasteiger partial charge in [-0.2, -0.15) is 0 Å². The van der Waals surface area contributed by atoms with Crippen LogP contribution in [-0.4, -0.2) is 51.7 Å². The van der Waals surface area contributed by atoms with Gasteiger partial charge in [0.15, 0.2) is 4.80 Å². The molecule has 7 nitrogen and oxygen atoms in total. The van der Waals surface area contributed by atoms with Crippen LogP contribution >= 0.6 is 11.3 Å². The van der Waals surface area contributed by atoms with Crippen molar-refractivity contribution in [3.8, 4) is 17.0 Å². The molecule has 3 aromatic rings. The van der Waals surface area contributed by atoms with Crippen molar-refractivity contribution in [3.63, 3.8) is 0 Å². The minimum atomic E-state index is -3.46. The highest BCUT2D eigenvalue weighted by Crippen LogP contribution is 2.24. The summed E-state index contributed by atoms with van der Waals surface area (Å²) in [6.07, 6.45) is 0.837. The number of nitrogens with zero attached hydrogens (tertiary/aromatic N) is 3. The fourth-order valence-corrected chi connectivity index (χ4v) is 4.99. The monoisotopic (exact) mass is 475 g/mol. The zero-order valence-electron chi connectivity index (χ0n) is 18.8. The summed E-state index contributed by atoms with van der Waals surface area (Å²) >= 11 is 1.55. The van der Waals surface area contributed by atoms with Crippen molar-refractivity contribution in [3.05, 3.63) is 58.7 Å². The molecule has 1 aromatic heterocycles. The van der Waals surface area contributed by atoms with Crippen LogP contribution in [0.5, 0.6) is 5.75 Å². The predicted octanol–water partition coefficient (Wildman–Crippen LogP) is 4.13. The minimum absolute atomic E-state index is 0.270. The lowest BCUT2D eigenvalue weighted by Crippen LogP contribution is -2.22. The molecule has 0 saturated heterocycles. The van der Waals surface area contributed by atoms with E-state index in [2.05, 4.69) is 9.95 Å². The maximum Gasteiger partial charge on any atom is 0.242 e. The minimum Gasteiger partial charge on any atom is -0.494 e. The molecule has 0 aliphatic rings. The Labute approximate surface area is 193 Å². The Balaban J connectivity index is 1.98. The summed E-state index contributed by atoms with van der Waals surface area (Å²) in [6, 6.07) is 14.7. The summed E-state index contributed by atoms with van der Waals surface area (Å²) in [6.45, 7) is 3.96. The molecule has 172 valence electrons. The van der Waals surface area contributed by atoms with E-state index in [4.69, 9.17) is 14.5 Å². The lowest BCUT2D eigenvalue weighted by molar-refractivity contribution is 0.190. The number of hydrogen-bond donors (Lipinski definition) is 0. The number of benzene rings is 2. The van der Waals surface area contributed by atoms with E-state index in [-0.39, 0.29) is 4.90 Å². The molecule has 0 radical (unpaired) electrons. The number of thiazole rings is 1. The smallest absolute Gasteiger partial charge is 0.242 e. The first-order chi connectivity index (χ1) is 15.4. The second kappa shape index (κ2) is 10.9. The molecule has 2 aromatic carbocycles. The standard InChI is InChI=1S/C23H29N3O4S2/c1-5-30-20-11-9-19(10-12-20)24-23-26(15-6-16-29-4)22(17-31-23)18-7-13-21(14-8-18)32(27,28)25(2)3/h7-14,17H,5-6,15-16H2,1-4H3. The maximum atomic E-state index is 12.4. The maximum absolute atomic E-state index is 12.4. The summed E-state index contributed by atoms with van der Waals surface area (Å²) in [5.74, 6) is 0.819. The molecule has 0 amide bonds. The van der Waals surface area contributed by atoms with Crippen LogP contribution in [0.15, 0.2) is 63.8 Å². The van der Waals surface area contributed by atoms with Crippen LogP contribution in [0.1, 0.15) is 13.3 Å². The van der Waals surface area contributed by atoms with Crippen molar-refractivity contribution in [2.24, 2.45) is 4.99 Å². The summed E-state index contributed by atoms with van der Waals surface area (Å²) in [5.41, 5.74) is 2.77. The van der Waals surface area contributed by atoms with Crippen molar-refractivity contribution < 1.29 is 17.9 Å². The van der Waals surface area contributed by atoms with Gasteiger partial charge in [-0.25, -0.2) is 17.7 Å². The van der Waals surface area contributed by atoms with Gasteiger partial charge >= 0.3 is 0 Å². The number of aromatic nitrogens is 1. The van der Waals surface area contributed by atoms with E-state index in [0.717, 1.165) is 40.5 Å². The highest BCUT2D eigenvalue weighted by atomic mass is 32.2. The Kier molecular flexibility index (Phi) is 8.25. The molecule has 0 atom stereocenters. The van der Waals surface area contributed by atoms with Crippen LogP contribution < -0.4 is 9.54 Å². The van der Waals surface area contributed by atoms with Crippen LogP contribution in [0.3, 0.4) is 0 Å². The Bertz CT molecular complexity index is 1180. The molecule has 0 aliphatic carbocycles. The fourth-order valence-electron chi connectivity index (χ4n) is 3.13. The van der Waals surface area contributed by atoms with Gasteiger partial charge in [-0.15, -0.1) is 11.3 Å². The van der Waals surface area contributed by atoms with Gasteiger partial charge in [0.05, 0.1) is 22.9 Å². The molecule has 0 fully saturated rings. The molecule has 3 rings (SSSR count). The number of hydrogen-bond acceptors (Lipinski definition) is 6. The largest absolute Gasteiger partial charge is 0.494 e. The van der Waals surface area contributed by atoms with Gasteiger partial charge in [0, 0.05) is 39.7 Å². The first-order valence-electron chi connectivity index (χ1n) is 10.3. The summed E-state index contributed by atoms with van der Waals surface area (Å²) in [5, 5.41) is 2.05. The van der Waals surface area contributed by atoms with E-state index in [9.17, 15) is 8.42 Å². The molecule has 0 N–H and O–H groups in total. The van der Waals surface area contributed by atoms with Crippen LogP contribution in [-0.2, 0) is 21.3 Å². The molecular weight excluding hydrogens is 446 g/mol. The van der Waals surface area contributed by atoms with Gasteiger partial charge in [0.2, 0.25) is 10.0 Å². The second-order valence-corrected chi connectivity index (χ2v) is 10.2. The van der Waals surface area contributed by atoms with Crippen molar-refractivity contribution in [2.45, 2.75) is 24.8 Å². The van der Waals surface area contributed by atoms with Crippen molar-refractivity contribution in [1.82, 2.24) is 8.87 Å². The Hall–Kier alpha value is -2.46. The van der Waals surface area contributed by atoms with E-state index in [1.807, 2.05) is 43.3 Å². The molecule has 0 aliphatic heterocycles. The van der Waals surface area contributed by atoms with Gasteiger partial charge < -0.3 is 14.0 Å². The quantitative estimate of drug-likeness (QED) is 0.413. The van der Waals surface area contributed by atoms with Crippen LogP contribution in [0.25, 0.3) is 11.3 Å². The first-order valence-corrected chi connectivity index (χ1v) is 12.7. The normalized spacial score (nSPS) is 12.5. The average molecular weight is 476 g/mol. The Morgan fingerprint density at radius 1 is 1.06 bits per heavy atom. The second-order valence-electron chi connectivity index (χ2n) is 7.25. The van der Waals surface area contributed by atoms with Crippen molar-refractivity contribution in [1.29, 1.82) is 0 Å². The molecule has 0 unspecified atom stereocenters. The summed E-state index contributed by atoms with van der Waals surface area (Å²) in [7, 11) is 1.28. The SMILES string of the molecule is CCOc1ccc(N=c2scc(-c3ccc(S(=O)(=O)N(C)C)cc3)n2CCCOC)cc1. The first kappa shape index (κ1) is 24.2. The van der Waals surface area contributed by atoms with E-state index >= 15 is 0 Å². The van der Waals surface area contributed by atoms with Crippen molar-refractivity contribution in [2.75, 3.05) is 34.4 Å². The van der Waals surface area contributed by atoms with E-state index in [1.54, 1.807) is 30.6 Å². The molecular formula is C23H29N3O4S2. The number of sulfonamides is 1. The highest BCUT2D eigenvalue weighted by Gasteiger charge is 2.17. The average Bonchev–Trinajstić information content (AvgIpc) is 3.18.